The second-order valence-electron chi connectivity index (χ2n) is 5.77. The molecule has 0 bridgehead atoms. The maximum absolute atomic E-state index is 13.2. The third-order valence-electron chi connectivity index (χ3n) is 4.21. The first-order valence-electron chi connectivity index (χ1n) is 8.12. The lowest BCUT2D eigenvalue weighted by molar-refractivity contribution is 0.102. The smallest absolute Gasteiger partial charge is 0.274 e. The molecule has 6 nitrogen and oxygen atoms in total. The van der Waals surface area contributed by atoms with Crippen LogP contribution in [0.4, 0.5) is 15.9 Å². The van der Waals surface area contributed by atoms with Crippen LogP contribution in [-0.4, -0.2) is 53.5 Å². The van der Waals surface area contributed by atoms with E-state index in [1.54, 1.807) is 6.07 Å². The number of amides is 1. The van der Waals surface area contributed by atoms with Crippen molar-refractivity contribution in [1.29, 1.82) is 0 Å². The quantitative estimate of drug-likeness (QED) is 0.904. The average molecular weight is 364 g/mol. The lowest BCUT2D eigenvalue weighted by Gasteiger charge is -2.34. The lowest BCUT2D eigenvalue weighted by atomic mass is 10.2. The molecule has 0 saturated carbocycles. The van der Waals surface area contributed by atoms with Gasteiger partial charge in [-0.25, -0.2) is 14.4 Å². The molecular formula is C17H19ClFN5O. The highest BCUT2D eigenvalue weighted by molar-refractivity contribution is 6.31. The molecule has 0 aliphatic carbocycles. The molecule has 2 heterocycles. The average Bonchev–Trinajstić information content (AvgIpc) is 2.65. The van der Waals surface area contributed by atoms with Gasteiger partial charge in [0.1, 0.15) is 23.7 Å². The molecule has 2 aromatic rings. The summed E-state index contributed by atoms with van der Waals surface area (Å²) < 4.78 is 13.2. The monoisotopic (exact) mass is 363 g/mol. The number of rotatable bonds is 4. The minimum atomic E-state index is -0.532. The van der Waals surface area contributed by atoms with Gasteiger partial charge in [-0.15, -0.1) is 0 Å². The molecule has 0 spiro atoms. The van der Waals surface area contributed by atoms with Crippen molar-refractivity contribution in [2.45, 2.75) is 6.92 Å². The SMILES string of the molecule is CCN1CCN(c2cc(C(=O)Nc3ccc(F)c(Cl)c3)ncn2)CC1. The van der Waals surface area contributed by atoms with Crippen LogP contribution in [0.3, 0.4) is 0 Å². The summed E-state index contributed by atoms with van der Waals surface area (Å²) in [5.74, 6) is -0.193. The number of hydrogen-bond donors (Lipinski definition) is 1. The first kappa shape index (κ1) is 17.6. The predicted molar refractivity (Wildman–Crippen MR) is 95.7 cm³/mol. The number of anilines is 2. The molecular weight excluding hydrogens is 345 g/mol. The van der Waals surface area contributed by atoms with Gasteiger partial charge in [-0.2, -0.15) is 0 Å². The van der Waals surface area contributed by atoms with E-state index >= 15 is 0 Å². The van der Waals surface area contributed by atoms with Gasteiger partial charge in [-0.1, -0.05) is 18.5 Å². The second-order valence-corrected chi connectivity index (χ2v) is 6.17. The van der Waals surface area contributed by atoms with Crippen LogP contribution in [0.15, 0.2) is 30.6 Å². The molecule has 1 N–H and O–H groups in total. The van der Waals surface area contributed by atoms with Crippen molar-refractivity contribution in [2.75, 3.05) is 42.9 Å². The molecule has 3 rings (SSSR count). The minimum Gasteiger partial charge on any atom is -0.354 e. The number of nitrogens with zero attached hydrogens (tertiary/aromatic N) is 4. The third kappa shape index (κ3) is 4.24. The molecule has 0 unspecified atom stereocenters. The number of carbonyl (C=O) groups is 1. The maximum atomic E-state index is 13.2. The molecule has 25 heavy (non-hydrogen) atoms. The number of benzene rings is 1. The summed E-state index contributed by atoms with van der Waals surface area (Å²) in [6, 6.07) is 5.69. The van der Waals surface area contributed by atoms with Gasteiger partial charge in [0.25, 0.3) is 5.91 Å². The van der Waals surface area contributed by atoms with Crippen molar-refractivity contribution in [1.82, 2.24) is 14.9 Å². The molecule has 1 amide bonds. The fourth-order valence-electron chi connectivity index (χ4n) is 2.71. The van der Waals surface area contributed by atoms with Crippen molar-refractivity contribution < 1.29 is 9.18 Å². The minimum absolute atomic E-state index is 0.0463. The number of halogens is 2. The Hall–Kier alpha value is -2.25. The number of nitrogens with one attached hydrogen (secondary N) is 1. The Morgan fingerprint density at radius 1 is 1.24 bits per heavy atom. The first-order chi connectivity index (χ1) is 12.1. The highest BCUT2D eigenvalue weighted by Crippen LogP contribution is 2.20. The Morgan fingerprint density at radius 3 is 2.68 bits per heavy atom. The summed E-state index contributed by atoms with van der Waals surface area (Å²) in [4.78, 5) is 25.2. The topological polar surface area (TPSA) is 61.4 Å². The van der Waals surface area contributed by atoms with E-state index < -0.39 is 11.7 Å². The van der Waals surface area contributed by atoms with Crippen molar-refractivity contribution in [3.05, 3.63) is 47.1 Å². The number of hydrogen-bond acceptors (Lipinski definition) is 5. The molecule has 1 aliphatic rings. The summed E-state index contributed by atoms with van der Waals surface area (Å²) in [7, 11) is 0. The molecule has 132 valence electrons. The van der Waals surface area contributed by atoms with Crippen LogP contribution in [0, 0.1) is 5.82 Å². The number of piperazine rings is 1. The van der Waals surface area contributed by atoms with Gasteiger partial charge < -0.3 is 15.1 Å². The normalized spacial score (nSPS) is 15.2. The van der Waals surface area contributed by atoms with Crippen LogP contribution in [0.1, 0.15) is 17.4 Å². The summed E-state index contributed by atoms with van der Waals surface area (Å²) in [6.45, 7) is 6.83. The fraction of sp³-hybridized carbons (Fsp3) is 0.353. The van der Waals surface area contributed by atoms with Crippen LogP contribution in [0.5, 0.6) is 0 Å². The first-order valence-corrected chi connectivity index (χ1v) is 8.50. The van der Waals surface area contributed by atoms with Gasteiger partial charge >= 0.3 is 0 Å². The zero-order chi connectivity index (χ0) is 17.8. The van der Waals surface area contributed by atoms with Crippen LogP contribution in [-0.2, 0) is 0 Å². The lowest BCUT2D eigenvalue weighted by Crippen LogP contribution is -2.46. The Kier molecular flexibility index (Phi) is 5.45. The van der Waals surface area contributed by atoms with Crippen LogP contribution in [0.25, 0.3) is 0 Å². The molecule has 8 heteroatoms. The van der Waals surface area contributed by atoms with E-state index in [-0.39, 0.29) is 10.7 Å². The van der Waals surface area contributed by atoms with Crippen molar-refractivity contribution in [3.63, 3.8) is 0 Å². The van der Waals surface area contributed by atoms with Crippen LogP contribution >= 0.6 is 11.6 Å². The van der Waals surface area contributed by atoms with Crippen LogP contribution in [0.2, 0.25) is 5.02 Å². The summed E-state index contributed by atoms with van der Waals surface area (Å²) in [5.41, 5.74) is 0.663. The number of carbonyl (C=O) groups excluding carboxylic acids is 1. The zero-order valence-corrected chi connectivity index (χ0v) is 14.6. The zero-order valence-electron chi connectivity index (χ0n) is 13.9. The Morgan fingerprint density at radius 2 is 2.00 bits per heavy atom. The van der Waals surface area contributed by atoms with E-state index in [1.165, 1.54) is 24.5 Å². The maximum Gasteiger partial charge on any atom is 0.274 e. The molecule has 1 aromatic heterocycles. The van der Waals surface area contributed by atoms with Crippen LogP contribution < -0.4 is 10.2 Å². The predicted octanol–water partition coefficient (Wildman–Crippen LogP) is 2.66. The van der Waals surface area contributed by atoms with Gasteiger partial charge in [0.2, 0.25) is 0 Å². The Labute approximate surface area is 150 Å². The van der Waals surface area contributed by atoms with Gasteiger partial charge in [0, 0.05) is 37.9 Å². The van der Waals surface area contributed by atoms with E-state index in [0.717, 1.165) is 38.5 Å². The van der Waals surface area contributed by atoms with Gasteiger partial charge in [0.05, 0.1) is 5.02 Å². The summed E-state index contributed by atoms with van der Waals surface area (Å²) in [5, 5.41) is 2.62. The van der Waals surface area contributed by atoms with E-state index in [1.807, 2.05) is 0 Å². The van der Waals surface area contributed by atoms with Gasteiger partial charge in [0.15, 0.2) is 0 Å². The molecule has 1 aliphatic heterocycles. The summed E-state index contributed by atoms with van der Waals surface area (Å²) >= 11 is 5.73. The third-order valence-corrected chi connectivity index (χ3v) is 4.50. The van der Waals surface area contributed by atoms with E-state index in [0.29, 0.717) is 5.69 Å². The molecule has 1 fully saturated rings. The van der Waals surface area contributed by atoms with E-state index in [4.69, 9.17) is 11.6 Å². The standard InChI is InChI=1S/C17H19ClFN5O/c1-2-23-5-7-24(8-6-23)16-10-15(20-11-21-16)17(25)22-12-3-4-14(19)13(18)9-12/h3-4,9-11H,2,5-8H2,1H3,(H,22,25). The van der Waals surface area contributed by atoms with E-state index in [2.05, 4.69) is 32.0 Å². The highest BCUT2D eigenvalue weighted by Gasteiger charge is 2.18. The van der Waals surface area contributed by atoms with Gasteiger partial charge in [-0.3, -0.25) is 4.79 Å². The second kappa shape index (κ2) is 7.76. The van der Waals surface area contributed by atoms with Crippen molar-refractivity contribution in [3.8, 4) is 0 Å². The number of likely N-dealkylation sites (N-methyl/N-ethyl adjacent to an activating group) is 1. The summed E-state index contributed by atoms with van der Waals surface area (Å²) in [6.07, 6.45) is 1.38. The molecule has 0 radical (unpaired) electrons. The largest absolute Gasteiger partial charge is 0.354 e. The van der Waals surface area contributed by atoms with E-state index in [9.17, 15) is 9.18 Å². The van der Waals surface area contributed by atoms with Crippen molar-refractivity contribution >= 4 is 29.0 Å². The number of aromatic nitrogens is 2. The van der Waals surface area contributed by atoms with Gasteiger partial charge in [-0.05, 0) is 24.7 Å². The fourth-order valence-corrected chi connectivity index (χ4v) is 2.89. The molecule has 1 saturated heterocycles. The molecule has 1 aromatic carbocycles. The van der Waals surface area contributed by atoms with Crippen molar-refractivity contribution in [2.24, 2.45) is 0 Å². The highest BCUT2D eigenvalue weighted by atomic mass is 35.5. The molecule has 0 atom stereocenters. The Balaban J connectivity index is 1.70. The Bertz CT molecular complexity index is 764.